The normalized spacial score (nSPS) is 10.2. The van der Waals surface area contributed by atoms with Crippen LogP contribution in [0.1, 0.15) is 32.8 Å². The number of halogens is 1. The molecule has 0 bridgehead atoms. The lowest BCUT2D eigenvalue weighted by Crippen LogP contribution is -2.38. The van der Waals surface area contributed by atoms with Crippen LogP contribution in [0.15, 0.2) is 12.1 Å². The van der Waals surface area contributed by atoms with E-state index in [2.05, 4.69) is 5.10 Å². The Labute approximate surface area is 146 Å². The smallest absolute Gasteiger partial charge is 0.320 e. The Morgan fingerprint density at radius 1 is 1.36 bits per heavy atom. The van der Waals surface area contributed by atoms with E-state index in [0.717, 1.165) is 4.90 Å². The Bertz CT molecular complexity index is 758. The second kappa shape index (κ2) is 9.00. The number of ether oxygens (including phenoxy) is 1. The number of nitrogens with two attached hydrogens (primary N) is 1. The van der Waals surface area contributed by atoms with E-state index in [1.165, 1.54) is 10.7 Å². The lowest BCUT2D eigenvalue weighted by Gasteiger charge is -2.17. The molecule has 138 valence electrons. The molecule has 0 radical (unpaired) electrons. The summed E-state index contributed by atoms with van der Waals surface area (Å²) in [6.07, 6.45) is -0.0246. The molecule has 1 heterocycles. The monoisotopic (exact) mass is 352 g/mol. The molecule has 25 heavy (non-hydrogen) atoms. The first-order chi connectivity index (χ1) is 11.8. The summed E-state index contributed by atoms with van der Waals surface area (Å²) in [6.45, 7) is 7.61. The summed E-state index contributed by atoms with van der Waals surface area (Å²) >= 11 is 0. The molecule has 0 saturated heterocycles. The van der Waals surface area contributed by atoms with Crippen LogP contribution >= 0.6 is 0 Å². The van der Waals surface area contributed by atoms with Crippen molar-refractivity contribution >= 4 is 28.7 Å². The number of rotatable bonds is 5. The molecule has 2 aromatic rings. The van der Waals surface area contributed by atoms with Crippen molar-refractivity contribution in [2.45, 2.75) is 34.1 Å². The highest BCUT2D eigenvalue weighted by Gasteiger charge is 2.22. The van der Waals surface area contributed by atoms with Crippen molar-refractivity contribution in [2.75, 3.05) is 18.1 Å². The predicted octanol–water partition coefficient (Wildman–Crippen LogP) is 2.89. The van der Waals surface area contributed by atoms with Gasteiger partial charge in [0.15, 0.2) is 5.82 Å². The Morgan fingerprint density at radius 3 is 2.56 bits per heavy atom. The van der Waals surface area contributed by atoms with Crippen molar-refractivity contribution < 1.29 is 18.7 Å². The van der Waals surface area contributed by atoms with Crippen molar-refractivity contribution in [1.82, 2.24) is 9.78 Å². The van der Waals surface area contributed by atoms with Crippen molar-refractivity contribution in [1.29, 1.82) is 0 Å². The Kier molecular flexibility index (Phi) is 7.35. The summed E-state index contributed by atoms with van der Waals surface area (Å²) in [5.41, 5.74) is 6.53. The number of nitrogens with zero attached hydrogens (tertiary/aromatic N) is 3. The Hall–Kier alpha value is -2.64. The molecule has 1 aromatic heterocycles. The zero-order valence-electron chi connectivity index (χ0n) is 15.3. The van der Waals surface area contributed by atoms with Crippen molar-refractivity contribution in [3.05, 3.63) is 23.5 Å². The number of hydrogen-bond acceptors (Lipinski definition) is 4. The van der Waals surface area contributed by atoms with E-state index in [-0.39, 0.29) is 25.4 Å². The van der Waals surface area contributed by atoms with E-state index in [0.29, 0.717) is 16.5 Å². The molecule has 2 rings (SSSR count). The lowest BCUT2D eigenvalue weighted by atomic mass is 10.1. The van der Waals surface area contributed by atoms with Gasteiger partial charge in [-0.25, -0.2) is 9.18 Å². The highest BCUT2D eigenvalue weighted by atomic mass is 19.1. The zero-order valence-corrected chi connectivity index (χ0v) is 15.3. The van der Waals surface area contributed by atoms with Crippen molar-refractivity contribution in [3.63, 3.8) is 0 Å². The first kappa shape index (κ1) is 20.4. The number of carbonyl (C=O) groups is 2. The van der Waals surface area contributed by atoms with Crippen LogP contribution in [0.2, 0.25) is 0 Å². The highest BCUT2D eigenvalue weighted by molar-refractivity contribution is 6.00. The topological polar surface area (TPSA) is 90.4 Å². The van der Waals surface area contributed by atoms with E-state index in [4.69, 9.17) is 10.5 Å². The molecule has 0 aliphatic rings. The third-order valence-corrected chi connectivity index (χ3v) is 3.48. The number of fused-ring (bicyclic) bond motifs is 1. The molecule has 0 aliphatic heterocycles. The first-order valence-corrected chi connectivity index (χ1v) is 8.20. The van der Waals surface area contributed by atoms with Gasteiger partial charge < -0.3 is 10.5 Å². The summed E-state index contributed by atoms with van der Waals surface area (Å²) in [5.74, 6) is -0.624. The van der Waals surface area contributed by atoms with Gasteiger partial charge in [0.05, 0.1) is 18.5 Å². The van der Waals surface area contributed by atoms with Crippen molar-refractivity contribution in [3.8, 4) is 0 Å². The van der Waals surface area contributed by atoms with E-state index in [9.17, 15) is 14.0 Å². The second-order valence-electron chi connectivity index (χ2n) is 5.11. The van der Waals surface area contributed by atoms with Crippen LogP contribution in [0.25, 0.3) is 10.9 Å². The zero-order chi connectivity index (χ0) is 19.1. The summed E-state index contributed by atoms with van der Waals surface area (Å²) < 4.78 is 20.2. The highest BCUT2D eigenvalue weighted by Crippen LogP contribution is 2.28. The number of primary amides is 1. The van der Waals surface area contributed by atoms with Crippen LogP contribution in [0, 0.1) is 12.7 Å². The predicted molar refractivity (Wildman–Crippen MR) is 94.9 cm³/mol. The fourth-order valence-corrected chi connectivity index (χ4v) is 2.32. The lowest BCUT2D eigenvalue weighted by molar-refractivity contribution is -0.142. The number of aryl methyl sites for hydroxylation is 2. The van der Waals surface area contributed by atoms with Crippen LogP contribution in [0.3, 0.4) is 0 Å². The molecule has 1 aromatic carbocycles. The van der Waals surface area contributed by atoms with Crippen LogP contribution in [-0.4, -0.2) is 34.9 Å². The number of hydrogen-bond donors (Lipinski definition) is 1. The van der Waals surface area contributed by atoms with Gasteiger partial charge in [-0.3, -0.25) is 14.4 Å². The van der Waals surface area contributed by atoms with Gasteiger partial charge in [-0.05, 0) is 31.5 Å². The molecular formula is C17H25FN4O3. The molecule has 0 fully saturated rings. The third-order valence-electron chi connectivity index (χ3n) is 3.48. The molecule has 0 saturated carbocycles. The van der Waals surface area contributed by atoms with Gasteiger partial charge in [-0.2, -0.15) is 5.10 Å². The number of anilines is 1. The number of urea groups is 1. The van der Waals surface area contributed by atoms with Crippen LogP contribution in [-0.2, 0) is 16.6 Å². The Balaban J connectivity index is 0.00000151. The summed E-state index contributed by atoms with van der Waals surface area (Å²) in [4.78, 5) is 24.4. The van der Waals surface area contributed by atoms with E-state index < -0.39 is 17.8 Å². The third kappa shape index (κ3) is 4.68. The van der Waals surface area contributed by atoms with E-state index in [1.54, 1.807) is 27.0 Å². The van der Waals surface area contributed by atoms with Crippen LogP contribution < -0.4 is 10.6 Å². The van der Waals surface area contributed by atoms with Gasteiger partial charge >= 0.3 is 12.0 Å². The van der Waals surface area contributed by atoms with Crippen molar-refractivity contribution in [2.24, 2.45) is 12.8 Å². The summed E-state index contributed by atoms with van der Waals surface area (Å²) in [7, 11) is 1.69. The first-order valence-electron chi connectivity index (χ1n) is 8.20. The van der Waals surface area contributed by atoms with Gasteiger partial charge in [-0.1, -0.05) is 13.8 Å². The fraction of sp³-hybridized carbons (Fsp3) is 0.471. The van der Waals surface area contributed by atoms with Crippen LogP contribution in [0.4, 0.5) is 15.0 Å². The Morgan fingerprint density at radius 2 is 2.00 bits per heavy atom. The van der Waals surface area contributed by atoms with Gasteiger partial charge in [0, 0.05) is 19.0 Å². The van der Waals surface area contributed by atoms with E-state index >= 15 is 0 Å². The SMILES string of the molecule is CC.CCOC(=O)CCN(C(N)=O)c1nn(C)c2cc(C)c(F)cc12. The minimum Gasteiger partial charge on any atom is -0.466 e. The minimum absolute atomic E-state index is 0.00970. The molecule has 7 nitrogen and oxygen atoms in total. The maximum atomic E-state index is 13.9. The summed E-state index contributed by atoms with van der Waals surface area (Å²) in [6, 6.07) is 2.19. The maximum Gasteiger partial charge on any atom is 0.320 e. The molecule has 2 amide bonds. The molecule has 0 unspecified atom stereocenters. The average Bonchev–Trinajstić information content (AvgIpc) is 2.86. The molecule has 2 N–H and O–H groups in total. The van der Waals surface area contributed by atoms with Gasteiger partial charge in [0.25, 0.3) is 0 Å². The van der Waals surface area contributed by atoms with Gasteiger partial charge in [0.2, 0.25) is 0 Å². The standard InChI is InChI=1S/C15H19FN4O3.C2H6/c1-4-23-13(21)5-6-20(15(17)22)14-10-8-11(16)9(2)7-12(10)19(3)18-14;1-2/h7-8H,4-6H2,1-3H3,(H2,17,22);1-2H3. The quantitative estimate of drug-likeness (QED) is 0.838. The van der Waals surface area contributed by atoms with Crippen LogP contribution in [0.5, 0.6) is 0 Å². The molecule has 0 aliphatic carbocycles. The molecule has 0 atom stereocenters. The number of amides is 2. The summed E-state index contributed by atoms with van der Waals surface area (Å²) in [5, 5.41) is 4.70. The van der Waals surface area contributed by atoms with Gasteiger partial charge in [-0.15, -0.1) is 0 Å². The van der Waals surface area contributed by atoms with Gasteiger partial charge in [0.1, 0.15) is 5.82 Å². The fourth-order valence-electron chi connectivity index (χ4n) is 2.32. The number of esters is 1. The number of aromatic nitrogens is 2. The molecular weight excluding hydrogens is 327 g/mol. The molecule has 0 spiro atoms. The largest absolute Gasteiger partial charge is 0.466 e. The van der Waals surface area contributed by atoms with E-state index in [1.807, 2.05) is 13.8 Å². The number of carbonyl (C=O) groups excluding carboxylic acids is 2. The average molecular weight is 352 g/mol. The molecule has 8 heteroatoms. The maximum absolute atomic E-state index is 13.9. The minimum atomic E-state index is -0.768. The second-order valence-corrected chi connectivity index (χ2v) is 5.11. The number of benzene rings is 1.